The van der Waals surface area contributed by atoms with Crippen LogP contribution in [-0.2, 0) is 6.54 Å². The lowest BCUT2D eigenvalue weighted by molar-refractivity contribution is 0.585. The number of aryl methyl sites for hydroxylation is 2. The summed E-state index contributed by atoms with van der Waals surface area (Å²) in [5.74, 6) is 1.67. The minimum Gasteiger partial charge on any atom is -0.297 e. The van der Waals surface area contributed by atoms with Crippen molar-refractivity contribution >= 4 is 12.6 Å². The average molecular weight is 212 g/mol. The van der Waals surface area contributed by atoms with Crippen molar-refractivity contribution in [2.75, 3.05) is 5.75 Å². The molecule has 0 aliphatic carbocycles. The van der Waals surface area contributed by atoms with E-state index in [1.54, 1.807) is 10.6 Å². The maximum Gasteiger partial charge on any atom is 0.253 e. The molecule has 0 amide bonds. The van der Waals surface area contributed by atoms with Crippen LogP contribution < -0.4 is 5.56 Å². The predicted octanol–water partition coefficient (Wildman–Crippen LogP) is 1.57. The SMILES string of the molecule is Cc1cc(=O)n(CCCCS)c(C)n1. The second-order valence-corrected chi connectivity index (χ2v) is 3.81. The first-order valence-electron chi connectivity index (χ1n) is 4.81. The van der Waals surface area contributed by atoms with E-state index in [4.69, 9.17) is 0 Å². The molecule has 0 atom stereocenters. The molecule has 1 aromatic rings. The van der Waals surface area contributed by atoms with Crippen LogP contribution in [0.1, 0.15) is 24.4 Å². The normalized spacial score (nSPS) is 10.5. The fourth-order valence-electron chi connectivity index (χ4n) is 1.42. The molecule has 3 nitrogen and oxygen atoms in total. The average Bonchev–Trinajstić information content (AvgIpc) is 2.09. The third kappa shape index (κ3) is 2.87. The van der Waals surface area contributed by atoms with Gasteiger partial charge in [-0.1, -0.05) is 0 Å². The van der Waals surface area contributed by atoms with Crippen molar-refractivity contribution in [2.45, 2.75) is 33.2 Å². The Hall–Kier alpha value is -0.770. The Morgan fingerprint density at radius 2 is 2.14 bits per heavy atom. The molecule has 0 saturated heterocycles. The molecule has 0 radical (unpaired) electrons. The summed E-state index contributed by atoms with van der Waals surface area (Å²) in [7, 11) is 0. The molecule has 0 fully saturated rings. The van der Waals surface area contributed by atoms with Crippen LogP contribution in [0.3, 0.4) is 0 Å². The Labute approximate surface area is 89.6 Å². The lowest BCUT2D eigenvalue weighted by atomic mass is 10.3. The molecule has 0 spiro atoms. The van der Waals surface area contributed by atoms with Gasteiger partial charge in [0.15, 0.2) is 0 Å². The maximum atomic E-state index is 11.6. The fourth-order valence-corrected chi connectivity index (χ4v) is 1.64. The highest BCUT2D eigenvalue weighted by Crippen LogP contribution is 1.98. The van der Waals surface area contributed by atoms with Gasteiger partial charge in [-0.15, -0.1) is 0 Å². The first-order valence-corrected chi connectivity index (χ1v) is 5.44. The number of thiol groups is 1. The number of hydrogen-bond donors (Lipinski definition) is 1. The van der Waals surface area contributed by atoms with Gasteiger partial charge in [-0.3, -0.25) is 9.36 Å². The molecule has 14 heavy (non-hydrogen) atoms. The zero-order valence-corrected chi connectivity index (χ0v) is 9.55. The molecule has 1 rings (SSSR count). The van der Waals surface area contributed by atoms with E-state index in [1.165, 1.54) is 0 Å². The van der Waals surface area contributed by atoms with Crippen LogP contribution in [0.15, 0.2) is 10.9 Å². The summed E-state index contributed by atoms with van der Waals surface area (Å²) in [5.41, 5.74) is 0.840. The number of nitrogens with zero attached hydrogens (tertiary/aromatic N) is 2. The summed E-state index contributed by atoms with van der Waals surface area (Å²) in [6.45, 7) is 4.46. The summed E-state index contributed by atoms with van der Waals surface area (Å²) in [4.78, 5) is 15.8. The molecule has 0 aromatic carbocycles. The zero-order chi connectivity index (χ0) is 10.6. The van der Waals surface area contributed by atoms with E-state index in [0.717, 1.165) is 36.7 Å². The molecule has 0 N–H and O–H groups in total. The van der Waals surface area contributed by atoms with Gasteiger partial charge < -0.3 is 0 Å². The summed E-state index contributed by atoms with van der Waals surface area (Å²) in [5, 5.41) is 0. The van der Waals surface area contributed by atoms with E-state index in [9.17, 15) is 4.79 Å². The van der Waals surface area contributed by atoms with Crippen molar-refractivity contribution in [2.24, 2.45) is 0 Å². The van der Waals surface area contributed by atoms with Crippen molar-refractivity contribution < 1.29 is 0 Å². The molecule has 0 aliphatic heterocycles. The van der Waals surface area contributed by atoms with Crippen LogP contribution in [0.2, 0.25) is 0 Å². The lowest BCUT2D eigenvalue weighted by Gasteiger charge is -2.08. The standard InChI is InChI=1S/C10H16N2OS/c1-8-7-10(13)12(9(2)11-8)5-3-4-6-14/h7,14H,3-6H2,1-2H3. The van der Waals surface area contributed by atoms with Crippen LogP contribution in [0.5, 0.6) is 0 Å². The molecule has 4 heteroatoms. The first-order chi connectivity index (χ1) is 6.65. The third-order valence-electron chi connectivity index (χ3n) is 2.12. The van der Waals surface area contributed by atoms with E-state index in [-0.39, 0.29) is 5.56 Å². The van der Waals surface area contributed by atoms with Crippen molar-refractivity contribution in [1.29, 1.82) is 0 Å². The Balaban J connectivity index is 2.81. The fraction of sp³-hybridized carbons (Fsp3) is 0.600. The Kier molecular flexibility index (Phi) is 4.20. The predicted molar refractivity (Wildman–Crippen MR) is 61.1 cm³/mol. The van der Waals surface area contributed by atoms with Gasteiger partial charge in [0.25, 0.3) is 5.56 Å². The van der Waals surface area contributed by atoms with Crippen molar-refractivity contribution in [3.63, 3.8) is 0 Å². The topological polar surface area (TPSA) is 34.9 Å². The van der Waals surface area contributed by atoms with Crippen molar-refractivity contribution in [3.8, 4) is 0 Å². The van der Waals surface area contributed by atoms with Gasteiger partial charge in [-0.05, 0) is 32.4 Å². The quantitative estimate of drug-likeness (QED) is 0.607. The van der Waals surface area contributed by atoms with E-state index < -0.39 is 0 Å². The minimum absolute atomic E-state index is 0.0502. The van der Waals surface area contributed by atoms with Crippen LogP contribution in [0.4, 0.5) is 0 Å². The Morgan fingerprint density at radius 3 is 2.71 bits per heavy atom. The van der Waals surface area contributed by atoms with Gasteiger partial charge in [0.2, 0.25) is 0 Å². The molecule has 1 heterocycles. The van der Waals surface area contributed by atoms with Crippen molar-refractivity contribution in [3.05, 3.63) is 27.9 Å². The molecular weight excluding hydrogens is 196 g/mol. The number of rotatable bonds is 4. The second kappa shape index (κ2) is 5.20. The highest BCUT2D eigenvalue weighted by Gasteiger charge is 2.01. The Morgan fingerprint density at radius 1 is 1.43 bits per heavy atom. The van der Waals surface area contributed by atoms with E-state index in [1.807, 2.05) is 13.8 Å². The molecule has 78 valence electrons. The van der Waals surface area contributed by atoms with Gasteiger partial charge in [0, 0.05) is 18.3 Å². The summed E-state index contributed by atoms with van der Waals surface area (Å²) in [6, 6.07) is 1.58. The maximum absolute atomic E-state index is 11.6. The number of hydrogen-bond acceptors (Lipinski definition) is 3. The van der Waals surface area contributed by atoms with Crippen LogP contribution >= 0.6 is 12.6 Å². The van der Waals surface area contributed by atoms with Crippen LogP contribution in [-0.4, -0.2) is 15.3 Å². The van der Waals surface area contributed by atoms with Crippen molar-refractivity contribution in [1.82, 2.24) is 9.55 Å². The largest absolute Gasteiger partial charge is 0.297 e. The molecule has 0 aliphatic rings. The first kappa shape index (κ1) is 11.3. The van der Waals surface area contributed by atoms with Gasteiger partial charge >= 0.3 is 0 Å². The molecule has 0 unspecified atom stereocenters. The minimum atomic E-state index is 0.0502. The van der Waals surface area contributed by atoms with Crippen LogP contribution in [0.25, 0.3) is 0 Å². The molecule has 0 saturated carbocycles. The number of unbranched alkanes of at least 4 members (excludes halogenated alkanes) is 1. The van der Waals surface area contributed by atoms with Crippen LogP contribution in [0, 0.1) is 13.8 Å². The zero-order valence-electron chi connectivity index (χ0n) is 8.66. The summed E-state index contributed by atoms with van der Waals surface area (Å²) >= 11 is 4.13. The van der Waals surface area contributed by atoms with E-state index in [0.29, 0.717) is 0 Å². The molecular formula is C10H16N2OS. The van der Waals surface area contributed by atoms with E-state index in [2.05, 4.69) is 17.6 Å². The summed E-state index contributed by atoms with van der Waals surface area (Å²) < 4.78 is 1.72. The molecule has 1 aromatic heterocycles. The van der Waals surface area contributed by atoms with E-state index >= 15 is 0 Å². The lowest BCUT2D eigenvalue weighted by Crippen LogP contribution is -2.23. The molecule has 0 bridgehead atoms. The summed E-state index contributed by atoms with van der Waals surface area (Å²) in [6.07, 6.45) is 2.01. The van der Waals surface area contributed by atoms with Gasteiger partial charge in [-0.2, -0.15) is 12.6 Å². The second-order valence-electron chi connectivity index (χ2n) is 3.37. The monoisotopic (exact) mass is 212 g/mol. The highest BCUT2D eigenvalue weighted by atomic mass is 32.1. The smallest absolute Gasteiger partial charge is 0.253 e. The van der Waals surface area contributed by atoms with Gasteiger partial charge in [0.1, 0.15) is 5.82 Å². The number of aromatic nitrogens is 2. The highest BCUT2D eigenvalue weighted by molar-refractivity contribution is 7.80. The third-order valence-corrected chi connectivity index (χ3v) is 2.43. The Bertz CT molecular complexity index is 360. The van der Waals surface area contributed by atoms with Gasteiger partial charge in [0.05, 0.1) is 0 Å². The van der Waals surface area contributed by atoms with Gasteiger partial charge in [-0.25, -0.2) is 4.98 Å².